The van der Waals surface area contributed by atoms with E-state index in [1.807, 2.05) is 39.0 Å². The number of guanidine groups is 1. The molecule has 0 bridgehead atoms. The lowest BCUT2D eigenvalue weighted by Crippen LogP contribution is -2.38. The maximum Gasteiger partial charge on any atom is 0.222 e. The molecule has 1 rings (SSSR count). The fourth-order valence-electron chi connectivity index (χ4n) is 2.18. The standard InChI is InChI=1S/C18H29ClN4O2/c1-5-20-18(22-11-9-17(24)23-13(2)3)21-10-8-14-6-7-15(25-4)12-16(14)19/h6-7,12-13H,5,8-11H2,1-4H3,(H,23,24)(H2,20,21,22). The quantitative estimate of drug-likeness (QED) is 0.462. The average molecular weight is 369 g/mol. The summed E-state index contributed by atoms with van der Waals surface area (Å²) >= 11 is 6.25. The highest BCUT2D eigenvalue weighted by Gasteiger charge is 2.05. The molecule has 1 amide bonds. The van der Waals surface area contributed by atoms with Gasteiger partial charge in [-0.25, -0.2) is 0 Å². The zero-order valence-corrected chi connectivity index (χ0v) is 16.2. The first-order valence-corrected chi connectivity index (χ1v) is 8.98. The smallest absolute Gasteiger partial charge is 0.222 e. The van der Waals surface area contributed by atoms with Crippen molar-refractivity contribution in [2.45, 2.75) is 39.7 Å². The van der Waals surface area contributed by atoms with Crippen LogP contribution >= 0.6 is 11.6 Å². The molecule has 0 heterocycles. The zero-order valence-electron chi connectivity index (χ0n) is 15.5. The predicted octanol–water partition coefficient (Wildman–Crippen LogP) is 2.36. The molecule has 6 nitrogen and oxygen atoms in total. The minimum atomic E-state index is 0.0135. The number of hydrogen-bond donors (Lipinski definition) is 3. The number of hydrogen-bond acceptors (Lipinski definition) is 3. The molecule has 3 N–H and O–H groups in total. The predicted molar refractivity (Wildman–Crippen MR) is 104 cm³/mol. The first-order valence-electron chi connectivity index (χ1n) is 8.60. The van der Waals surface area contributed by atoms with E-state index in [1.54, 1.807) is 7.11 Å². The second kappa shape index (κ2) is 11.6. The van der Waals surface area contributed by atoms with Gasteiger partial charge in [0.25, 0.3) is 0 Å². The van der Waals surface area contributed by atoms with Crippen molar-refractivity contribution in [3.05, 3.63) is 28.8 Å². The molecule has 0 saturated carbocycles. The molecule has 0 unspecified atom stereocenters. The Balaban J connectivity index is 2.46. The molecule has 7 heteroatoms. The van der Waals surface area contributed by atoms with Gasteiger partial charge in [-0.05, 0) is 44.9 Å². The van der Waals surface area contributed by atoms with Gasteiger partial charge in [0.2, 0.25) is 5.91 Å². The van der Waals surface area contributed by atoms with E-state index >= 15 is 0 Å². The Hall–Kier alpha value is -1.95. The molecular formula is C18H29ClN4O2. The molecule has 0 saturated heterocycles. The van der Waals surface area contributed by atoms with Gasteiger partial charge in [-0.15, -0.1) is 0 Å². The Kier molecular flexibility index (Phi) is 9.77. The molecule has 0 radical (unpaired) electrons. The molecular weight excluding hydrogens is 340 g/mol. The molecule has 1 aromatic rings. The van der Waals surface area contributed by atoms with Crippen molar-refractivity contribution in [3.63, 3.8) is 0 Å². The summed E-state index contributed by atoms with van der Waals surface area (Å²) in [6.45, 7) is 7.78. The fraction of sp³-hybridized carbons (Fsp3) is 0.556. The van der Waals surface area contributed by atoms with Gasteiger partial charge < -0.3 is 20.7 Å². The second-order valence-electron chi connectivity index (χ2n) is 5.87. The first-order chi connectivity index (χ1) is 12.0. The van der Waals surface area contributed by atoms with Crippen molar-refractivity contribution in [2.75, 3.05) is 26.7 Å². The lowest BCUT2D eigenvalue weighted by atomic mass is 10.1. The van der Waals surface area contributed by atoms with Gasteiger partial charge in [0.1, 0.15) is 5.75 Å². The van der Waals surface area contributed by atoms with Gasteiger partial charge in [0.15, 0.2) is 5.96 Å². The minimum absolute atomic E-state index is 0.0135. The van der Waals surface area contributed by atoms with Gasteiger partial charge in [-0.1, -0.05) is 17.7 Å². The number of carbonyl (C=O) groups excluding carboxylic acids is 1. The lowest BCUT2D eigenvalue weighted by Gasteiger charge is -2.12. The first kappa shape index (κ1) is 21.1. The number of halogens is 1. The molecule has 0 atom stereocenters. The molecule has 0 aliphatic heterocycles. The van der Waals surface area contributed by atoms with Crippen molar-refractivity contribution in [3.8, 4) is 5.75 Å². The highest BCUT2D eigenvalue weighted by atomic mass is 35.5. The van der Waals surface area contributed by atoms with E-state index in [0.717, 1.165) is 24.3 Å². The molecule has 0 fully saturated rings. The highest BCUT2D eigenvalue weighted by molar-refractivity contribution is 6.31. The Bertz CT molecular complexity index is 576. The topological polar surface area (TPSA) is 74.8 Å². The lowest BCUT2D eigenvalue weighted by molar-refractivity contribution is -0.121. The third kappa shape index (κ3) is 8.63. The normalized spacial score (nSPS) is 11.4. The number of amides is 1. The maximum absolute atomic E-state index is 11.6. The largest absolute Gasteiger partial charge is 0.497 e. The van der Waals surface area contributed by atoms with Crippen LogP contribution in [0.5, 0.6) is 5.75 Å². The third-order valence-corrected chi connectivity index (χ3v) is 3.70. The maximum atomic E-state index is 11.6. The molecule has 1 aromatic carbocycles. The summed E-state index contributed by atoms with van der Waals surface area (Å²) in [7, 11) is 1.62. The van der Waals surface area contributed by atoms with Crippen LogP contribution in [-0.4, -0.2) is 44.7 Å². The van der Waals surface area contributed by atoms with Gasteiger partial charge in [-0.2, -0.15) is 0 Å². The number of nitrogens with one attached hydrogen (secondary N) is 3. The number of methoxy groups -OCH3 is 1. The van der Waals surface area contributed by atoms with Crippen molar-refractivity contribution in [1.29, 1.82) is 0 Å². The van der Waals surface area contributed by atoms with Crippen molar-refractivity contribution < 1.29 is 9.53 Å². The van der Waals surface area contributed by atoms with E-state index in [4.69, 9.17) is 16.3 Å². The monoisotopic (exact) mass is 368 g/mol. The van der Waals surface area contributed by atoms with Crippen LogP contribution in [0.2, 0.25) is 5.02 Å². The fourth-order valence-corrected chi connectivity index (χ4v) is 2.44. The highest BCUT2D eigenvalue weighted by Crippen LogP contribution is 2.22. The summed E-state index contributed by atoms with van der Waals surface area (Å²) in [6.07, 6.45) is 1.14. The van der Waals surface area contributed by atoms with Crippen LogP contribution in [0.4, 0.5) is 0 Å². The number of benzene rings is 1. The minimum Gasteiger partial charge on any atom is -0.497 e. The van der Waals surface area contributed by atoms with Gasteiger partial charge in [-0.3, -0.25) is 9.79 Å². The van der Waals surface area contributed by atoms with Crippen LogP contribution in [0.1, 0.15) is 32.8 Å². The van der Waals surface area contributed by atoms with Crippen LogP contribution in [0.15, 0.2) is 23.2 Å². The van der Waals surface area contributed by atoms with Gasteiger partial charge in [0.05, 0.1) is 13.7 Å². The zero-order chi connectivity index (χ0) is 18.7. The SMILES string of the molecule is CCNC(=NCCC(=O)NC(C)C)NCCc1ccc(OC)cc1Cl. The number of carbonyl (C=O) groups is 1. The van der Waals surface area contributed by atoms with Crippen LogP contribution in [0, 0.1) is 0 Å². The van der Waals surface area contributed by atoms with E-state index in [2.05, 4.69) is 20.9 Å². The van der Waals surface area contributed by atoms with Crippen molar-refractivity contribution in [2.24, 2.45) is 4.99 Å². The number of ether oxygens (including phenoxy) is 1. The summed E-state index contributed by atoms with van der Waals surface area (Å²) in [5.74, 6) is 1.46. The van der Waals surface area contributed by atoms with Crippen LogP contribution in [-0.2, 0) is 11.2 Å². The summed E-state index contributed by atoms with van der Waals surface area (Å²) in [4.78, 5) is 16.1. The average Bonchev–Trinajstić information content (AvgIpc) is 2.55. The van der Waals surface area contributed by atoms with E-state index in [1.165, 1.54) is 0 Å². The molecule has 25 heavy (non-hydrogen) atoms. The number of aliphatic imine (C=N–C) groups is 1. The van der Waals surface area contributed by atoms with Crippen molar-refractivity contribution >= 4 is 23.5 Å². The van der Waals surface area contributed by atoms with Gasteiger partial charge >= 0.3 is 0 Å². The Morgan fingerprint density at radius 2 is 2.08 bits per heavy atom. The summed E-state index contributed by atoms with van der Waals surface area (Å²) in [6, 6.07) is 5.82. The second-order valence-corrected chi connectivity index (χ2v) is 6.27. The molecule has 140 valence electrons. The van der Waals surface area contributed by atoms with Crippen molar-refractivity contribution in [1.82, 2.24) is 16.0 Å². The molecule has 0 spiro atoms. The van der Waals surface area contributed by atoms with Crippen LogP contribution < -0.4 is 20.7 Å². The Morgan fingerprint density at radius 1 is 1.32 bits per heavy atom. The number of nitrogens with zero attached hydrogens (tertiary/aromatic N) is 1. The number of rotatable bonds is 9. The van der Waals surface area contributed by atoms with Gasteiger partial charge in [0, 0.05) is 30.6 Å². The third-order valence-electron chi connectivity index (χ3n) is 3.35. The van der Waals surface area contributed by atoms with E-state index < -0.39 is 0 Å². The summed E-state index contributed by atoms with van der Waals surface area (Å²) < 4.78 is 5.15. The Labute approximate surface area is 155 Å². The Morgan fingerprint density at radius 3 is 2.68 bits per heavy atom. The molecule has 0 aliphatic rings. The summed E-state index contributed by atoms with van der Waals surface area (Å²) in [5, 5.41) is 9.97. The van der Waals surface area contributed by atoms with E-state index in [0.29, 0.717) is 30.5 Å². The van der Waals surface area contributed by atoms with Crippen LogP contribution in [0.25, 0.3) is 0 Å². The summed E-state index contributed by atoms with van der Waals surface area (Å²) in [5.41, 5.74) is 1.04. The molecule has 0 aromatic heterocycles. The van der Waals surface area contributed by atoms with Crippen LogP contribution in [0.3, 0.4) is 0 Å². The van der Waals surface area contributed by atoms with E-state index in [-0.39, 0.29) is 11.9 Å². The molecule has 0 aliphatic carbocycles. The van der Waals surface area contributed by atoms with E-state index in [9.17, 15) is 4.79 Å².